The molecule has 3 amide bonds. The second-order valence-electron chi connectivity index (χ2n) is 9.42. The van der Waals surface area contributed by atoms with Gasteiger partial charge in [-0.25, -0.2) is 9.78 Å². The highest BCUT2D eigenvalue weighted by Crippen LogP contribution is 2.27. The molecule has 0 atom stereocenters. The van der Waals surface area contributed by atoms with Crippen molar-refractivity contribution < 1.29 is 22.8 Å². The van der Waals surface area contributed by atoms with Gasteiger partial charge >= 0.3 is 12.2 Å². The number of nitrogens with zero attached hydrogens (tertiary/aromatic N) is 3. The van der Waals surface area contributed by atoms with Crippen LogP contribution < -0.4 is 16.0 Å². The third kappa shape index (κ3) is 7.62. The summed E-state index contributed by atoms with van der Waals surface area (Å²) in [6, 6.07) is 18.6. The van der Waals surface area contributed by atoms with Gasteiger partial charge in [0.25, 0.3) is 5.91 Å². The van der Waals surface area contributed by atoms with E-state index in [1.54, 1.807) is 57.5 Å². The predicted octanol–water partition coefficient (Wildman–Crippen LogP) is 5.43. The molecule has 0 aliphatic carbocycles. The highest BCUT2D eigenvalue weighted by atomic mass is 19.4. The lowest BCUT2D eigenvalue weighted by atomic mass is 10.0. The number of imidazole rings is 1. The Labute approximate surface area is 234 Å². The van der Waals surface area contributed by atoms with E-state index < -0.39 is 18.8 Å². The van der Waals surface area contributed by atoms with Gasteiger partial charge in [-0.15, -0.1) is 0 Å². The highest BCUT2D eigenvalue weighted by molar-refractivity contribution is 5.97. The summed E-state index contributed by atoms with van der Waals surface area (Å²) in [5, 5.41) is 15.0. The number of hydrogen-bond acceptors (Lipinski definition) is 4. The van der Waals surface area contributed by atoms with Crippen molar-refractivity contribution in [3.8, 4) is 16.8 Å². The number of anilines is 1. The van der Waals surface area contributed by atoms with E-state index in [2.05, 4.69) is 15.6 Å². The van der Waals surface area contributed by atoms with Gasteiger partial charge in [-0.1, -0.05) is 31.2 Å². The van der Waals surface area contributed by atoms with E-state index in [9.17, 15) is 22.8 Å². The molecule has 12 heteroatoms. The summed E-state index contributed by atoms with van der Waals surface area (Å²) in [6.45, 7) is 1.51. The molecular weight excluding hydrogens is 535 g/mol. The first-order valence-corrected chi connectivity index (χ1v) is 12.9. The number of alkyl halides is 3. The summed E-state index contributed by atoms with van der Waals surface area (Å²) in [5.74, 6) is 0.0916. The molecule has 4 N–H and O–H groups in total. The van der Waals surface area contributed by atoms with Crippen LogP contribution >= 0.6 is 0 Å². The average Bonchev–Trinajstić information content (AvgIpc) is 3.38. The number of hydrogen-bond donors (Lipinski definition) is 4. The summed E-state index contributed by atoms with van der Waals surface area (Å²) in [7, 11) is 1.83. The monoisotopic (exact) mass is 565 g/mol. The fraction of sp³-hybridized carbons (Fsp3) is 0.241. The fourth-order valence-corrected chi connectivity index (χ4v) is 4.17. The molecule has 1 heterocycles. The van der Waals surface area contributed by atoms with Gasteiger partial charge in [-0.2, -0.15) is 13.2 Å². The Kier molecular flexibility index (Phi) is 8.91. The summed E-state index contributed by atoms with van der Waals surface area (Å²) in [5.41, 5.74) is 4.77. The van der Waals surface area contributed by atoms with Crippen LogP contribution in [0, 0.1) is 5.41 Å². The molecule has 9 nitrogen and oxygen atoms in total. The van der Waals surface area contributed by atoms with Gasteiger partial charge in [0.15, 0.2) is 0 Å². The zero-order chi connectivity index (χ0) is 29.6. The topological polar surface area (TPSA) is 115 Å². The Balaban J connectivity index is 1.44. The predicted molar refractivity (Wildman–Crippen MR) is 153 cm³/mol. The molecule has 0 unspecified atom stereocenters. The number of carbonyl (C=O) groups excluding carboxylic acids is 2. The summed E-state index contributed by atoms with van der Waals surface area (Å²) >= 11 is 0. The first kappa shape index (κ1) is 29.1. The highest BCUT2D eigenvalue weighted by Gasteiger charge is 2.27. The second kappa shape index (κ2) is 12.5. The smallest absolute Gasteiger partial charge is 0.362 e. The zero-order valence-corrected chi connectivity index (χ0v) is 22.5. The van der Waals surface area contributed by atoms with E-state index >= 15 is 0 Å². The van der Waals surface area contributed by atoms with Crippen molar-refractivity contribution in [2.75, 3.05) is 32.0 Å². The molecule has 41 heavy (non-hydrogen) atoms. The number of aromatic nitrogens is 2. The van der Waals surface area contributed by atoms with E-state index in [0.29, 0.717) is 28.3 Å². The minimum absolute atomic E-state index is 0.153. The van der Waals surface area contributed by atoms with Gasteiger partial charge < -0.3 is 20.9 Å². The Morgan fingerprint density at radius 2 is 1.73 bits per heavy atom. The number of likely N-dealkylation sites (N-methyl/N-ethyl adjacent to an activating group) is 1. The van der Waals surface area contributed by atoms with Gasteiger partial charge in [0.05, 0.1) is 17.6 Å². The molecule has 0 aliphatic rings. The van der Waals surface area contributed by atoms with Gasteiger partial charge in [0, 0.05) is 30.5 Å². The zero-order valence-electron chi connectivity index (χ0n) is 22.5. The van der Waals surface area contributed by atoms with E-state index in [1.165, 1.54) is 0 Å². The van der Waals surface area contributed by atoms with Crippen molar-refractivity contribution in [3.05, 3.63) is 78.6 Å². The minimum Gasteiger partial charge on any atom is -0.362 e. The van der Waals surface area contributed by atoms with Crippen LogP contribution in [-0.4, -0.2) is 65.1 Å². The van der Waals surface area contributed by atoms with E-state index in [4.69, 9.17) is 5.41 Å². The summed E-state index contributed by atoms with van der Waals surface area (Å²) < 4.78 is 38.9. The molecule has 4 aromatic rings. The van der Waals surface area contributed by atoms with E-state index in [0.717, 1.165) is 29.6 Å². The number of amidine groups is 1. The standard InChI is InChI=1S/C29H30F3N7O2/c1-3-13-38(2)26(33)16-34-27(40)20-9-7-19(8-10-20)21-11-12-25-24(14-21)36-18-39(25)23-6-4-5-22(15-23)37-28(41)35-17-29(30,31)32/h4-12,14-15,18,33H,3,13,16-17H2,1-2H3,(H,34,40)(H2,35,37,41). The van der Waals surface area contributed by atoms with Crippen LogP contribution in [0.4, 0.5) is 23.7 Å². The summed E-state index contributed by atoms with van der Waals surface area (Å²) in [6.07, 6.45) is -1.95. The molecular formula is C29H30F3N7O2. The lowest BCUT2D eigenvalue weighted by Gasteiger charge is -2.19. The van der Waals surface area contributed by atoms with Crippen LogP contribution in [0.2, 0.25) is 0 Å². The first-order valence-electron chi connectivity index (χ1n) is 12.9. The number of carbonyl (C=O) groups is 2. The molecule has 0 aliphatic heterocycles. The van der Waals surface area contributed by atoms with Gasteiger partial charge in [0.1, 0.15) is 18.7 Å². The van der Waals surface area contributed by atoms with Crippen LogP contribution in [0.3, 0.4) is 0 Å². The van der Waals surface area contributed by atoms with Crippen molar-refractivity contribution in [2.24, 2.45) is 0 Å². The largest absolute Gasteiger partial charge is 0.405 e. The van der Waals surface area contributed by atoms with Crippen molar-refractivity contribution in [1.82, 2.24) is 25.1 Å². The van der Waals surface area contributed by atoms with E-state index in [-0.39, 0.29) is 12.5 Å². The van der Waals surface area contributed by atoms with Crippen molar-refractivity contribution in [3.63, 3.8) is 0 Å². The SMILES string of the molecule is CCCN(C)C(=N)CNC(=O)c1ccc(-c2ccc3c(c2)ncn3-c2cccc(NC(=O)NCC(F)(F)F)c2)cc1. The van der Waals surface area contributed by atoms with Crippen molar-refractivity contribution in [1.29, 1.82) is 5.41 Å². The number of amides is 3. The molecule has 0 spiro atoms. The number of urea groups is 1. The average molecular weight is 566 g/mol. The molecule has 0 bridgehead atoms. The van der Waals surface area contributed by atoms with Crippen LogP contribution in [-0.2, 0) is 0 Å². The van der Waals surface area contributed by atoms with Crippen LogP contribution in [0.15, 0.2) is 73.1 Å². The number of rotatable bonds is 9. The normalized spacial score (nSPS) is 11.2. The van der Waals surface area contributed by atoms with Gasteiger partial charge in [0.2, 0.25) is 0 Å². The van der Waals surface area contributed by atoms with Crippen LogP contribution in [0.5, 0.6) is 0 Å². The second-order valence-corrected chi connectivity index (χ2v) is 9.42. The van der Waals surface area contributed by atoms with E-state index in [1.807, 2.05) is 44.3 Å². The Hall–Kier alpha value is -4.87. The molecule has 1 aromatic heterocycles. The molecule has 4 rings (SSSR count). The number of fused-ring (bicyclic) bond motifs is 1. The maximum atomic E-state index is 12.5. The van der Waals surface area contributed by atoms with Gasteiger partial charge in [-0.05, 0) is 60.0 Å². The maximum absolute atomic E-state index is 12.5. The maximum Gasteiger partial charge on any atom is 0.405 e. The third-order valence-corrected chi connectivity index (χ3v) is 6.30. The lowest BCUT2D eigenvalue weighted by Crippen LogP contribution is -2.38. The molecule has 0 saturated heterocycles. The number of nitrogens with one attached hydrogen (secondary N) is 4. The Bertz CT molecular complexity index is 1550. The number of halogens is 3. The Morgan fingerprint density at radius 1 is 1.00 bits per heavy atom. The Morgan fingerprint density at radius 3 is 2.44 bits per heavy atom. The number of benzene rings is 3. The fourth-order valence-electron chi connectivity index (χ4n) is 4.17. The quantitative estimate of drug-likeness (QED) is 0.160. The third-order valence-electron chi connectivity index (χ3n) is 6.30. The summed E-state index contributed by atoms with van der Waals surface area (Å²) in [4.78, 5) is 30.7. The minimum atomic E-state index is -4.50. The molecule has 0 fully saturated rings. The molecule has 0 radical (unpaired) electrons. The van der Waals surface area contributed by atoms with Crippen LogP contribution in [0.25, 0.3) is 27.8 Å². The molecule has 0 saturated carbocycles. The molecule has 214 valence electrons. The first-order chi connectivity index (χ1) is 19.5. The molecule has 3 aromatic carbocycles. The lowest BCUT2D eigenvalue weighted by molar-refractivity contribution is -0.122. The van der Waals surface area contributed by atoms with Gasteiger partial charge in [-0.3, -0.25) is 14.8 Å². The van der Waals surface area contributed by atoms with Crippen LogP contribution in [0.1, 0.15) is 23.7 Å². The van der Waals surface area contributed by atoms with Crippen molar-refractivity contribution in [2.45, 2.75) is 19.5 Å². The van der Waals surface area contributed by atoms with Crippen molar-refractivity contribution >= 4 is 34.5 Å².